The molecular weight excluding hydrogens is 412 g/mol. The van der Waals surface area contributed by atoms with Gasteiger partial charge in [-0.05, 0) is 12.5 Å². The van der Waals surface area contributed by atoms with Gasteiger partial charge in [0.1, 0.15) is 6.04 Å². The standard InChI is InChI=1S/C20H28N2O7S/c1-5-6-7-8-21-15-11-18(28-3)17(27-2)10-14(15)19(23)22-12-13(29-30(4,25)26)9-16(22)20(21)24/h10-11,13,16H,5-9,12H2,1-4H3/t13-,16+/m1/s1. The molecule has 2 aliphatic rings. The molecule has 0 aromatic heterocycles. The smallest absolute Gasteiger partial charge is 0.264 e. The summed E-state index contributed by atoms with van der Waals surface area (Å²) in [7, 11) is -0.731. The first-order chi connectivity index (χ1) is 14.2. The minimum atomic E-state index is -3.71. The van der Waals surface area contributed by atoms with E-state index < -0.39 is 22.3 Å². The van der Waals surface area contributed by atoms with Crippen molar-refractivity contribution in [1.29, 1.82) is 0 Å². The predicted octanol–water partition coefficient (Wildman–Crippen LogP) is 1.80. The van der Waals surface area contributed by atoms with Crippen molar-refractivity contribution >= 4 is 27.6 Å². The van der Waals surface area contributed by atoms with E-state index in [2.05, 4.69) is 6.92 Å². The van der Waals surface area contributed by atoms with Crippen LogP contribution in [0.5, 0.6) is 11.5 Å². The van der Waals surface area contributed by atoms with Gasteiger partial charge in [-0.2, -0.15) is 8.42 Å². The molecule has 0 aliphatic carbocycles. The van der Waals surface area contributed by atoms with Gasteiger partial charge >= 0.3 is 0 Å². The molecule has 9 nitrogen and oxygen atoms in total. The first kappa shape index (κ1) is 22.4. The third kappa shape index (κ3) is 4.39. The maximum absolute atomic E-state index is 13.4. The summed E-state index contributed by atoms with van der Waals surface area (Å²) >= 11 is 0. The topological polar surface area (TPSA) is 102 Å². The Balaban J connectivity index is 2.05. The van der Waals surface area contributed by atoms with Crippen LogP contribution in [0.1, 0.15) is 43.0 Å². The average molecular weight is 441 g/mol. The molecule has 2 atom stereocenters. The molecule has 2 heterocycles. The summed E-state index contributed by atoms with van der Waals surface area (Å²) < 4.78 is 38.9. The van der Waals surface area contributed by atoms with Crippen molar-refractivity contribution in [3.8, 4) is 11.5 Å². The van der Waals surface area contributed by atoms with Crippen LogP contribution < -0.4 is 14.4 Å². The molecule has 1 aromatic rings. The van der Waals surface area contributed by atoms with E-state index in [-0.39, 0.29) is 24.8 Å². The highest BCUT2D eigenvalue weighted by Gasteiger charge is 2.47. The molecule has 0 spiro atoms. The minimum Gasteiger partial charge on any atom is -0.493 e. The number of fused-ring (bicyclic) bond motifs is 2. The number of nitrogens with zero attached hydrogens (tertiary/aromatic N) is 2. The summed E-state index contributed by atoms with van der Waals surface area (Å²) in [4.78, 5) is 29.8. The maximum atomic E-state index is 13.4. The molecule has 2 aliphatic heterocycles. The van der Waals surface area contributed by atoms with Crippen LogP contribution in [-0.2, 0) is 19.1 Å². The second kappa shape index (κ2) is 8.81. The minimum absolute atomic E-state index is 0.0267. The van der Waals surface area contributed by atoms with E-state index in [4.69, 9.17) is 13.7 Å². The summed E-state index contributed by atoms with van der Waals surface area (Å²) in [6.45, 7) is 2.55. The third-order valence-electron chi connectivity index (χ3n) is 5.39. The van der Waals surface area contributed by atoms with Gasteiger partial charge in [-0.3, -0.25) is 13.8 Å². The van der Waals surface area contributed by atoms with E-state index in [0.29, 0.717) is 29.3 Å². The van der Waals surface area contributed by atoms with Crippen molar-refractivity contribution in [2.45, 2.75) is 44.8 Å². The van der Waals surface area contributed by atoms with Crippen molar-refractivity contribution in [3.05, 3.63) is 17.7 Å². The van der Waals surface area contributed by atoms with Crippen LogP contribution >= 0.6 is 0 Å². The fourth-order valence-corrected chi connectivity index (χ4v) is 4.67. The molecular formula is C20H28N2O7S. The van der Waals surface area contributed by atoms with Crippen molar-refractivity contribution in [2.24, 2.45) is 0 Å². The number of rotatable bonds is 8. The largest absolute Gasteiger partial charge is 0.493 e. The number of hydrogen-bond donors (Lipinski definition) is 0. The number of benzene rings is 1. The molecule has 0 radical (unpaired) electrons. The van der Waals surface area contributed by atoms with Gasteiger partial charge in [-0.15, -0.1) is 0 Å². The molecule has 1 aromatic carbocycles. The number of carbonyl (C=O) groups excluding carboxylic acids is 2. The molecule has 30 heavy (non-hydrogen) atoms. The lowest BCUT2D eigenvalue weighted by Gasteiger charge is -2.26. The molecule has 1 fully saturated rings. The van der Waals surface area contributed by atoms with Crippen molar-refractivity contribution in [2.75, 3.05) is 38.5 Å². The maximum Gasteiger partial charge on any atom is 0.264 e. The molecule has 2 amide bonds. The van der Waals surface area contributed by atoms with Gasteiger partial charge in [0.2, 0.25) is 5.91 Å². The van der Waals surface area contributed by atoms with E-state index >= 15 is 0 Å². The fourth-order valence-electron chi connectivity index (χ4n) is 4.04. The van der Waals surface area contributed by atoms with E-state index in [1.165, 1.54) is 19.1 Å². The van der Waals surface area contributed by atoms with Crippen LogP contribution in [0.4, 0.5) is 5.69 Å². The van der Waals surface area contributed by atoms with Crippen molar-refractivity contribution in [1.82, 2.24) is 4.90 Å². The number of hydrogen-bond acceptors (Lipinski definition) is 7. The Morgan fingerprint density at radius 3 is 2.37 bits per heavy atom. The highest BCUT2D eigenvalue weighted by molar-refractivity contribution is 7.86. The van der Waals surface area contributed by atoms with Gasteiger partial charge in [0.05, 0.1) is 37.8 Å². The molecule has 0 saturated carbocycles. The van der Waals surface area contributed by atoms with Gasteiger partial charge < -0.3 is 19.3 Å². The Morgan fingerprint density at radius 2 is 1.77 bits per heavy atom. The molecule has 1 saturated heterocycles. The van der Waals surface area contributed by atoms with E-state index in [1.54, 1.807) is 17.0 Å². The lowest BCUT2D eigenvalue weighted by molar-refractivity contribution is -0.122. The van der Waals surface area contributed by atoms with E-state index in [1.807, 2.05) is 0 Å². The van der Waals surface area contributed by atoms with Gasteiger partial charge in [-0.1, -0.05) is 19.8 Å². The second-order valence-electron chi connectivity index (χ2n) is 7.55. The zero-order valence-corrected chi connectivity index (χ0v) is 18.5. The van der Waals surface area contributed by atoms with Gasteiger partial charge in [0.15, 0.2) is 11.5 Å². The normalized spacial score (nSPS) is 21.3. The summed E-state index contributed by atoms with van der Waals surface area (Å²) in [5.74, 6) is 0.205. The monoisotopic (exact) mass is 440 g/mol. The highest BCUT2D eigenvalue weighted by Crippen LogP contribution is 2.40. The van der Waals surface area contributed by atoms with Crippen molar-refractivity contribution < 1.29 is 31.7 Å². The van der Waals surface area contributed by atoms with Crippen LogP contribution in [0.3, 0.4) is 0 Å². The number of methoxy groups -OCH3 is 2. The highest BCUT2D eigenvalue weighted by atomic mass is 32.2. The molecule has 0 N–H and O–H groups in total. The van der Waals surface area contributed by atoms with Gasteiger partial charge in [-0.25, -0.2) is 0 Å². The summed E-state index contributed by atoms with van der Waals surface area (Å²) in [6, 6.07) is 2.45. The quantitative estimate of drug-likeness (QED) is 0.449. The number of unbranched alkanes of at least 4 members (excludes halogenated alkanes) is 2. The molecule has 3 rings (SSSR count). The Hall–Kier alpha value is -2.33. The van der Waals surface area contributed by atoms with Gasteiger partial charge in [0, 0.05) is 25.6 Å². The average Bonchev–Trinajstić information content (AvgIpc) is 3.08. The number of ether oxygens (including phenoxy) is 2. The Morgan fingerprint density at radius 1 is 1.10 bits per heavy atom. The molecule has 0 unspecified atom stereocenters. The van der Waals surface area contributed by atoms with E-state index in [9.17, 15) is 18.0 Å². The first-order valence-electron chi connectivity index (χ1n) is 9.96. The number of carbonyl (C=O) groups is 2. The van der Waals surface area contributed by atoms with Crippen LogP contribution in [0, 0.1) is 0 Å². The first-order valence-corrected chi connectivity index (χ1v) is 11.8. The zero-order valence-electron chi connectivity index (χ0n) is 17.7. The Kier molecular flexibility index (Phi) is 6.56. The third-order valence-corrected chi connectivity index (χ3v) is 6.02. The lowest BCUT2D eigenvalue weighted by atomic mass is 10.1. The Labute approximate surface area is 177 Å². The van der Waals surface area contributed by atoms with Crippen LogP contribution in [0.15, 0.2) is 12.1 Å². The summed E-state index contributed by atoms with van der Waals surface area (Å²) in [5, 5.41) is 0. The van der Waals surface area contributed by atoms with E-state index in [0.717, 1.165) is 25.5 Å². The zero-order chi connectivity index (χ0) is 22.1. The molecule has 0 bridgehead atoms. The van der Waals surface area contributed by atoms with Crippen LogP contribution in [0.25, 0.3) is 0 Å². The SMILES string of the molecule is CCCCCN1C(=O)[C@@H]2C[C@@H](OS(C)(=O)=O)CN2C(=O)c2cc(OC)c(OC)cc21. The van der Waals surface area contributed by atoms with Gasteiger partial charge in [0.25, 0.3) is 16.0 Å². The summed E-state index contributed by atoms with van der Waals surface area (Å²) in [5.41, 5.74) is 0.800. The second-order valence-corrected chi connectivity index (χ2v) is 9.15. The van der Waals surface area contributed by atoms with Crippen LogP contribution in [-0.4, -0.2) is 70.8 Å². The number of anilines is 1. The van der Waals surface area contributed by atoms with Crippen LogP contribution in [0.2, 0.25) is 0 Å². The fraction of sp³-hybridized carbons (Fsp3) is 0.600. The molecule has 10 heteroatoms. The summed E-state index contributed by atoms with van der Waals surface area (Å²) in [6.07, 6.45) is 3.04. The molecule has 166 valence electrons. The Bertz CT molecular complexity index is 931. The van der Waals surface area contributed by atoms with Crippen molar-refractivity contribution in [3.63, 3.8) is 0 Å². The predicted molar refractivity (Wildman–Crippen MR) is 111 cm³/mol. The lowest BCUT2D eigenvalue weighted by Crippen LogP contribution is -2.45. The number of amides is 2.